The summed E-state index contributed by atoms with van der Waals surface area (Å²) in [5, 5.41) is 10.6. The van der Waals surface area contributed by atoms with Crippen molar-refractivity contribution in [3.05, 3.63) is 51.4 Å². The van der Waals surface area contributed by atoms with E-state index in [1.54, 1.807) is 0 Å². The second-order valence-electron chi connectivity index (χ2n) is 3.70. The number of carbonyl (C=O) groups excluding carboxylic acids is 1. The predicted molar refractivity (Wildman–Crippen MR) is 70.5 cm³/mol. The maximum absolute atomic E-state index is 11.6. The van der Waals surface area contributed by atoms with Crippen LogP contribution in [0, 0.1) is 10.1 Å². The molecule has 0 aliphatic rings. The number of aromatic nitrogens is 2. The quantitative estimate of drug-likeness (QED) is 0.373. The van der Waals surface area contributed by atoms with Crippen LogP contribution in [0.5, 0.6) is 0 Å². The lowest BCUT2D eigenvalue weighted by Crippen LogP contribution is -2.06. The van der Waals surface area contributed by atoms with Gasteiger partial charge in [-0.1, -0.05) is 0 Å². The lowest BCUT2D eigenvalue weighted by atomic mass is 10.1. The first-order valence-electron chi connectivity index (χ1n) is 5.38. The van der Waals surface area contributed by atoms with E-state index in [1.165, 1.54) is 37.6 Å². The molecule has 1 heterocycles. The molecular formula is C12H8ClN3O4. The Kier molecular flexibility index (Phi) is 3.90. The minimum Gasteiger partial charge on any atom is -0.465 e. The van der Waals surface area contributed by atoms with Crippen molar-refractivity contribution < 1.29 is 14.5 Å². The van der Waals surface area contributed by atoms with E-state index in [-0.39, 0.29) is 22.2 Å². The van der Waals surface area contributed by atoms with Gasteiger partial charge in [-0.3, -0.25) is 10.1 Å². The van der Waals surface area contributed by atoms with E-state index >= 15 is 0 Å². The highest BCUT2D eigenvalue weighted by atomic mass is 35.5. The molecule has 7 nitrogen and oxygen atoms in total. The summed E-state index contributed by atoms with van der Waals surface area (Å²) >= 11 is 5.71. The average molecular weight is 294 g/mol. The molecule has 2 rings (SSSR count). The van der Waals surface area contributed by atoms with Crippen molar-refractivity contribution >= 4 is 23.3 Å². The number of benzene rings is 1. The third kappa shape index (κ3) is 2.72. The average Bonchev–Trinajstić information content (AvgIpc) is 2.46. The fourth-order valence-corrected chi connectivity index (χ4v) is 1.71. The largest absolute Gasteiger partial charge is 0.465 e. The Hall–Kier alpha value is -2.54. The molecule has 1 aromatic heterocycles. The molecule has 0 spiro atoms. The Morgan fingerprint density at radius 1 is 1.35 bits per heavy atom. The molecule has 0 unspecified atom stereocenters. The van der Waals surface area contributed by atoms with Gasteiger partial charge in [-0.25, -0.2) is 14.8 Å². The molecule has 0 N–H and O–H groups in total. The van der Waals surface area contributed by atoms with E-state index in [0.29, 0.717) is 5.56 Å². The highest BCUT2D eigenvalue weighted by Gasteiger charge is 2.17. The van der Waals surface area contributed by atoms with E-state index in [4.69, 9.17) is 11.6 Å². The molecule has 0 aliphatic heterocycles. The number of carbonyl (C=O) groups is 1. The highest BCUT2D eigenvalue weighted by molar-refractivity contribution is 6.28. The molecule has 0 saturated heterocycles. The Bertz CT molecular complexity index is 673. The highest BCUT2D eigenvalue weighted by Crippen LogP contribution is 2.25. The van der Waals surface area contributed by atoms with Crippen molar-refractivity contribution in [2.75, 3.05) is 7.11 Å². The van der Waals surface area contributed by atoms with Crippen molar-refractivity contribution in [1.29, 1.82) is 0 Å². The van der Waals surface area contributed by atoms with Gasteiger partial charge in [0, 0.05) is 23.9 Å². The van der Waals surface area contributed by atoms with Gasteiger partial charge in [0.25, 0.3) is 5.69 Å². The van der Waals surface area contributed by atoms with Crippen molar-refractivity contribution in [1.82, 2.24) is 9.97 Å². The number of nitro groups is 1. The number of rotatable bonds is 3. The molecule has 0 fully saturated rings. The predicted octanol–water partition coefficient (Wildman–Crippen LogP) is 2.49. The fourth-order valence-electron chi connectivity index (χ4n) is 1.58. The van der Waals surface area contributed by atoms with Crippen molar-refractivity contribution in [2.45, 2.75) is 0 Å². The molecule has 0 aliphatic carbocycles. The Morgan fingerprint density at radius 2 is 2.00 bits per heavy atom. The molecule has 1 aromatic carbocycles. The molecule has 2 aromatic rings. The Morgan fingerprint density at radius 3 is 2.55 bits per heavy atom. The SMILES string of the molecule is COC(=O)c1cnc(Cl)nc1-c1ccc([N+](=O)[O-])cc1. The number of nitrogens with zero attached hydrogens (tertiary/aromatic N) is 3. The second-order valence-corrected chi connectivity index (χ2v) is 4.03. The first kappa shape index (κ1) is 13.9. The van der Waals surface area contributed by atoms with Crippen LogP contribution in [0.4, 0.5) is 5.69 Å². The lowest BCUT2D eigenvalue weighted by Gasteiger charge is -2.06. The first-order valence-corrected chi connectivity index (χ1v) is 5.76. The van der Waals surface area contributed by atoms with Crippen molar-refractivity contribution in [2.24, 2.45) is 0 Å². The summed E-state index contributed by atoms with van der Waals surface area (Å²) < 4.78 is 4.63. The zero-order chi connectivity index (χ0) is 14.7. The van der Waals surface area contributed by atoms with Gasteiger partial charge in [-0.15, -0.1) is 0 Å². The molecule has 0 radical (unpaired) electrons. The number of hydrogen-bond acceptors (Lipinski definition) is 6. The van der Waals surface area contributed by atoms with E-state index in [1.807, 2.05) is 0 Å². The van der Waals surface area contributed by atoms with Crippen LogP contribution in [-0.4, -0.2) is 28.0 Å². The van der Waals surface area contributed by atoms with Gasteiger partial charge in [0.2, 0.25) is 5.28 Å². The summed E-state index contributed by atoms with van der Waals surface area (Å²) in [6, 6.07) is 5.57. The molecule has 0 bridgehead atoms. The molecule has 102 valence electrons. The van der Waals surface area contributed by atoms with Crippen LogP contribution in [0.1, 0.15) is 10.4 Å². The van der Waals surface area contributed by atoms with Gasteiger partial charge in [-0.05, 0) is 23.7 Å². The minimum atomic E-state index is -0.616. The zero-order valence-electron chi connectivity index (χ0n) is 10.2. The summed E-state index contributed by atoms with van der Waals surface area (Å²) in [6.45, 7) is 0. The lowest BCUT2D eigenvalue weighted by molar-refractivity contribution is -0.384. The monoisotopic (exact) mass is 293 g/mol. The molecular weight excluding hydrogens is 286 g/mol. The van der Waals surface area contributed by atoms with Crippen LogP contribution >= 0.6 is 11.6 Å². The van der Waals surface area contributed by atoms with E-state index < -0.39 is 10.9 Å². The van der Waals surface area contributed by atoms with E-state index in [0.717, 1.165) is 0 Å². The third-order valence-electron chi connectivity index (χ3n) is 2.52. The standard InChI is InChI=1S/C12H8ClN3O4/c1-20-11(17)9-6-14-12(13)15-10(9)7-2-4-8(5-3-7)16(18)19/h2-6H,1H3. The van der Waals surface area contributed by atoms with Gasteiger partial charge in [0.05, 0.1) is 17.7 Å². The van der Waals surface area contributed by atoms with Crippen LogP contribution in [0.2, 0.25) is 5.28 Å². The molecule has 0 amide bonds. The van der Waals surface area contributed by atoms with Gasteiger partial charge in [0.15, 0.2) is 0 Å². The zero-order valence-corrected chi connectivity index (χ0v) is 11.0. The number of halogens is 1. The summed E-state index contributed by atoms with van der Waals surface area (Å²) in [5.74, 6) is -0.616. The topological polar surface area (TPSA) is 95.2 Å². The van der Waals surface area contributed by atoms with Gasteiger partial charge < -0.3 is 4.74 Å². The van der Waals surface area contributed by atoms with Crippen LogP contribution in [0.15, 0.2) is 30.5 Å². The Balaban J connectivity index is 2.53. The number of non-ortho nitro benzene ring substituents is 1. The van der Waals surface area contributed by atoms with Gasteiger partial charge >= 0.3 is 5.97 Å². The maximum Gasteiger partial charge on any atom is 0.341 e. The summed E-state index contributed by atoms with van der Waals surface area (Å²) in [7, 11) is 1.23. The summed E-state index contributed by atoms with van der Waals surface area (Å²) in [4.78, 5) is 29.4. The second kappa shape index (κ2) is 5.62. The number of ether oxygens (including phenoxy) is 1. The fraction of sp³-hybridized carbons (Fsp3) is 0.0833. The molecule has 0 saturated carbocycles. The van der Waals surface area contributed by atoms with E-state index in [2.05, 4.69) is 14.7 Å². The number of nitro benzene ring substituents is 1. The summed E-state index contributed by atoms with van der Waals surface area (Å²) in [5.41, 5.74) is 0.825. The van der Waals surface area contributed by atoms with E-state index in [9.17, 15) is 14.9 Å². The molecule has 20 heavy (non-hydrogen) atoms. The third-order valence-corrected chi connectivity index (χ3v) is 2.70. The van der Waals surface area contributed by atoms with Gasteiger partial charge in [-0.2, -0.15) is 0 Å². The number of hydrogen-bond donors (Lipinski definition) is 0. The first-order chi connectivity index (χ1) is 9.52. The normalized spacial score (nSPS) is 10.1. The Labute approximate surface area is 118 Å². The maximum atomic E-state index is 11.6. The van der Waals surface area contributed by atoms with Crippen LogP contribution in [0.25, 0.3) is 11.3 Å². The van der Waals surface area contributed by atoms with Crippen molar-refractivity contribution in [3.63, 3.8) is 0 Å². The van der Waals surface area contributed by atoms with Gasteiger partial charge in [0.1, 0.15) is 5.56 Å². The minimum absolute atomic E-state index is 0.0361. The smallest absolute Gasteiger partial charge is 0.341 e. The number of methoxy groups -OCH3 is 1. The van der Waals surface area contributed by atoms with Crippen LogP contribution in [-0.2, 0) is 4.74 Å². The van der Waals surface area contributed by atoms with Crippen molar-refractivity contribution in [3.8, 4) is 11.3 Å². The van der Waals surface area contributed by atoms with Crippen LogP contribution < -0.4 is 0 Å². The molecule has 0 atom stereocenters. The summed E-state index contributed by atoms with van der Waals surface area (Å²) in [6.07, 6.45) is 1.25. The van der Waals surface area contributed by atoms with Crippen LogP contribution in [0.3, 0.4) is 0 Å². The number of esters is 1. The molecule has 8 heteroatoms.